The summed E-state index contributed by atoms with van der Waals surface area (Å²) < 4.78 is 2.45. The first-order chi connectivity index (χ1) is 5.68. The van der Waals surface area contributed by atoms with Gasteiger partial charge in [-0.25, -0.2) is 0 Å². The first-order valence-corrected chi connectivity index (χ1v) is 5.23. The lowest BCUT2D eigenvalue weighted by Gasteiger charge is -1.92. The van der Waals surface area contributed by atoms with Gasteiger partial charge in [-0.05, 0) is 45.9 Å². The van der Waals surface area contributed by atoms with Gasteiger partial charge in [-0.1, -0.05) is 6.07 Å². The van der Waals surface area contributed by atoms with Gasteiger partial charge in [-0.2, -0.15) is 0 Å². The van der Waals surface area contributed by atoms with Crippen LogP contribution in [0.1, 0.15) is 5.56 Å². The average molecular weight is 242 g/mol. The Hall–Kier alpha value is -0.540. The second kappa shape index (κ2) is 2.75. The van der Waals surface area contributed by atoms with Gasteiger partial charge in [0.25, 0.3) is 0 Å². The van der Waals surface area contributed by atoms with Crippen molar-refractivity contribution in [2.45, 2.75) is 6.92 Å². The standard InChI is InChI=1S/C9H8BrNS/c1-5-7-3-2-6(11)4-8(7)12-9(5)10/h2-4H,11H2,1H3. The third kappa shape index (κ3) is 1.13. The van der Waals surface area contributed by atoms with E-state index in [4.69, 9.17) is 5.73 Å². The molecule has 1 heterocycles. The Balaban J connectivity index is 2.87. The summed E-state index contributed by atoms with van der Waals surface area (Å²) in [7, 11) is 0. The molecule has 0 fully saturated rings. The molecule has 0 bridgehead atoms. The summed E-state index contributed by atoms with van der Waals surface area (Å²) in [6, 6.07) is 6.02. The lowest BCUT2D eigenvalue weighted by molar-refractivity contribution is 1.57. The molecular weight excluding hydrogens is 234 g/mol. The second-order valence-corrected chi connectivity index (χ2v) is 5.13. The number of halogens is 1. The van der Waals surface area contributed by atoms with Crippen LogP contribution in [-0.2, 0) is 0 Å². The van der Waals surface area contributed by atoms with Crippen molar-refractivity contribution in [2.75, 3.05) is 5.73 Å². The zero-order valence-electron chi connectivity index (χ0n) is 6.60. The van der Waals surface area contributed by atoms with E-state index in [0.717, 1.165) is 5.69 Å². The highest BCUT2D eigenvalue weighted by molar-refractivity contribution is 9.11. The number of nitrogen functional groups attached to an aromatic ring is 1. The quantitative estimate of drug-likeness (QED) is 0.702. The van der Waals surface area contributed by atoms with E-state index in [1.165, 1.54) is 19.4 Å². The third-order valence-electron chi connectivity index (χ3n) is 1.90. The predicted molar refractivity (Wildman–Crippen MR) is 58.7 cm³/mol. The lowest BCUT2D eigenvalue weighted by Crippen LogP contribution is -1.81. The summed E-state index contributed by atoms with van der Waals surface area (Å²) in [6.45, 7) is 2.11. The maximum atomic E-state index is 5.67. The zero-order chi connectivity index (χ0) is 8.72. The van der Waals surface area contributed by atoms with Crippen molar-refractivity contribution in [3.8, 4) is 0 Å². The predicted octanol–water partition coefficient (Wildman–Crippen LogP) is 3.55. The molecule has 2 N–H and O–H groups in total. The molecule has 0 amide bonds. The van der Waals surface area contributed by atoms with Gasteiger partial charge in [0.2, 0.25) is 0 Å². The van der Waals surface area contributed by atoms with Crippen LogP contribution in [0.25, 0.3) is 10.1 Å². The number of rotatable bonds is 0. The van der Waals surface area contributed by atoms with Crippen LogP contribution in [0, 0.1) is 6.92 Å². The molecule has 1 aromatic heterocycles. The molecule has 2 rings (SSSR count). The van der Waals surface area contributed by atoms with E-state index < -0.39 is 0 Å². The number of thiophene rings is 1. The molecule has 1 aromatic carbocycles. The van der Waals surface area contributed by atoms with E-state index in [2.05, 4.69) is 28.9 Å². The van der Waals surface area contributed by atoms with Crippen molar-refractivity contribution in [1.29, 1.82) is 0 Å². The molecule has 12 heavy (non-hydrogen) atoms. The molecule has 0 radical (unpaired) electrons. The number of anilines is 1. The van der Waals surface area contributed by atoms with Gasteiger partial charge in [0.1, 0.15) is 0 Å². The van der Waals surface area contributed by atoms with Crippen molar-refractivity contribution in [2.24, 2.45) is 0 Å². The van der Waals surface area contributed by atoms with Crippen molar-refractivity contribution in [1.82, 2.24) is 0 Å². The minimum atomic E-state index is 0.830. The highest BCUT2D eigenvalue weighted by Crippen LogP contribution is 2.35. The number of nitrogens with two attached hydrogens (primary N) is 1. The van der Waals surface area contributed by atoms with Crippen molar-refractivity contribution >= 4 is 43.0 Å². The van der Waals surface area contributed by atoms with Crippen LogP contribution in [0.3, 0.4) is 0 Å². The van der Waals surface area contributed by atoms with Gasteiger partial charge in [0.05, 0.1) is 3.79 Å². The van der Waals surface area contributed by atoms with Crippen LogP contribution in [-0.4, -0.2) is 0 Å². The fourth-order valence-corrected chi connectivity index (χ4v) is 2.93. The van der Waals surface area contributed by atoms with Crippen LogP contribution in [0.15, 0.2) is 22.0 Å². The number of aryl methyl sites for hydroxylation is 1. The van der Waals surface area contributed by atoms with Crippen LogP contribution >= 0.6 is 27.3 Å². The molecule has 0 spiro atoms. The Morgan fingerprint density at radius 1 is 1.42 bits per heavy atom. The molecule has 0 atom stereocenters. The summed E-state index contributed by atoms with van der Waals surface area (Å²) >= 11 is 5.24. The Bertz CT molecular complexity index is 433. The van der Waals surface area contributed by atoms with Gasteiger partial charge in [-0.15, -0.1) is 11.3 Å². The molecular formula is C9H8BrNS. The van der Waals surface area contributed by atoms with Crippen LogP contribution in [0.2, 0.25) is 0 Å². The maximum absolute atomic E-state index is 5.67. The minimum absolute atomic E-state index is 0.830. The normalized spacial score (nSPS) is 10.8. The van der Waals surface area contributed by atoms with Crippen LogP contribution in [0.5, 0.6) is 0 Å². The Morgan fingerprint density at radius 2 is 2.17 bits per heavy atom. The zero-order valence-corrected chi connectivity index (χ0v) is 9.00. The molecule has 0 saturated carbocycles. The lowest BCUT2D eigenvalue weighted by atomic mass is 10.2. The first kappa shape index (κ1) is 8.08. The third-order valence-corrected chi connectivity index (χ3v) is 4.03. The molecule has 3 heteroatoms. The van der Waals surface area contributed by atoms with E-state index in [-0.39, 0.29) is 0 Å². The number of hydrogen-bond acceptors (Lipinski definition) is 2. The van der Waals surface area contributed by atoms with Gasteiger partial charge < -0.3 is 5.73 Å². The molecule has 0 unspecified atom stereocenters. The van der Waals surface area contributed by atoms with E-state index in [0.29, 0.717) is 0 Å². The Labute approximate surface area is 83.3 Å². The summed E-state index contributed by atoms with van der Waals surface area (Å²) in [5.74, 6) is 0. The highest BCUT2D eigenvalue weighted by atomic mass is 79.9. The summed E-state index contributed by atoms with van der Waals surface area (Å²) in [4.78, 5) is 0. The Morgan fingerprint density at radius 3 is 2.92 bits per heavy atom. The first-order valence-electron chi connectivity index (χ1n) is 3.62. The molecule has 0 aliphatic rings. The summed E-state index contributed by atoms with van der Waals surface area (Å²) in [6.07, 6.45) is 0. The van der Waals surface area contributed by atoms with E-state index >= 15 is 0 Å². The fraction of sp³-hybridized carbons (Fsp3) is 0.111. The van der Waals surface area contributed by atoms with E-state index in [1.54, 1.807) is 11.3 Å². The summed E-state index contributed by atoms with van der Waals surface area (Å²) in [5, 5.41) is 1.29. The maximum Gasteiger partial charge on any atom is 0.0740 e. The SMILES string of the molecule is Cc1c(Br)sc2cc(N)ccc12. The fourth-order valence-electron chi connectivity index (χ4n) is 1.21. The molecule has 2 aromatic rings. The molecule has 0 aliphatic heterocycles. The molecule has 62 valence electrons. The van der Waals surface area contributed by atoms with Gasteiger partial charge in [0, 0.05) is 10.4 Å². The number of hydrogen-bond donors (Lipinski definition) is 1. The van der Waals surface area contributed by atoms with Crippen molar-refractivity contribution in [3.05, 3.63) is 27.5 Å². The second-order valence-electron chi connectivity index (χ2n) is 2.76. The van der Waals surface area contributed by atoms with E-state index in [1.807, 2.05) is 12.1 Å². The smallest absolute Gasteiger partial charge is 0.0740 e. The number of fused-ring (bicyclic) bond motifs is 1. The van der Waals surface area contributed by atoms with E-state index in [9.17, 15) is 0 Å². The number of benzene rings is 1. The van der Waals surface area contributed by atoms with Gasteiger partial charge >= 0.3 is 0 Å². The topological polar surface area (TPSA) is 26.0 Å². The largest absolute Gasteiger partial charge is 0.399 e. The van der Waals surface area contributed by atoms with Crippen molar-refractivity contribution < 1.29 is 0 Å². The highest BCUT2D eigenvalue weighted by Gasteiger charge is 2.04. The van der Waals surface area contributed by atoms with Crippen LogP contribution in [0.4, 0.5) is 5.69 Å². The van der Waals surface area contributed by atoms with Gasteiger partial charge in [0.15, 0.2) is 0 Å². The average Bonchev–Trinajstić information content (AvgIpc) is 2.28. The Kier molecular flexibility index (Phi) is 1.85. The monoisotopic (exact) mass is 241 g/mol. The summed E-state index contributed by atoms with van der Waals surface area (Å²) in [5.41, 5.74) is 7.81. The van der Waals surface area contributed by atoms with Crippen LogP contribution < -0.4 is 5.73 Å². The molecule has 0 saturated heterocycles. The molecule has 1 nitrogen and oxygen atoms in total. The minimum Gasteiger partial charge on any atom is -0.399 e. The van der Waals surface area contributed by atoms with Gasteiger partial charge in [-0.3, -0.25) is 0 Å². The molecule has 0 aliphatic carbocycles. The van der Waals surface area contributed by atoms with Crippen molar-refractivity contribution in [3.63, 3.8) is 0 Å².